The normalized spacial score (nSPS) is 14.3. The summed E-state index contributed by atoms with van der Waals surface area (Å²) in [5.74, 6) is 0.768. The number of rotatable bonds is 5. The molecule has 0 unspecified atom stereocenters. The lowest BCUT2D eigenvalue weighted by Gasteiger charge is -2.05. The lowest BCUT2D eigenvalue weighted by atomic mass is 10.1. The van der Waals surface area contributed by atoms with Gasteiger partial charge in [0, 0.05) is 18.2 Å². The second-order valence-corrected chi connectivity index (χ2v) is 5.83. The Morgan fingerprint density at radius 3 is 2.83 bits per heavy atom. The number of H-pyrrole nitrogens is 2. The Morgan fingerprint density at radius 2 is 2.04 bits per heavy atom. The summed E-state index contributed by atoms with van der Waals surface area (Å²) in [7, 11) is 0. The molecule has 2 aromatic heterocycles. The van der Waals surface area contributed by atoms with Crippen molar-refractivity contribution in [3.05, 3.63) is 57.9 Å². The highest BCUT2D eigenvalue weighted by atomic mass is 19.1. The molecule has 0 saturated heterocycles. The average Bonchev–Trinajstić information content (AvgIpc) is 3.17. The van der Waals surface area contributed by atoms with Gasteiger partial charge in [-0.05, 0) is 37.0 Å². The quantitative estimate of drug-likeness (QED) is 0.758. The van der Waals surface area contributed by atoms with E-state index >= 15 is 0 Å². The molecule has 4 rings (SSSR count). The first-order valence-corrected chi connectivity index (χ1v) is 7.66. The summed E-state index contributed by atoms with van der Waals surface area (Å²) >= 11 is 0. The van der Waals surface area contributed by atoms with Crippen molar-refractivity contribution in [3.63, 3.8) is 0 Å². The molecule has 0 aliphatic heterocycles. The molecule has 0 spiro atoms. The third-order valence-electron chi connectivity index (χ3n) is 4.16. The van der Waals surface area contributed by atoms with Crippen LogP contribution < -0.4 is 5.69 Å². The van der Waals surface area contributed by atoms with Gasteiger partial charge in [-0.2, -0.15) is 10.2 Å². The van der Waals surface area contributed by atoms with Crippen LogP contribution in [0.2, 0.25) is 0 Å². The van der Waals surface area contributed by atoms with Crippen LogP contribution in [0.1, 0.15) is 30.0 Å². The maximum atomic E-state index is 13.7. The van der Waals surface area contributed by atoms with Gasteiger partial charge in [-0.3, -0.25) is 9.67 Å². The Labute approximate surface area is 131 Å². The molecule has 1 saturated carbocycles. The fraction of sp³-hybridized carbons (Fsp3) is 0.312. The Bertz CT molecular complexity index is 890. The van der Waals surface area contributed by atoms with Crippen LogP contribution >= 0.6 is 0 Å². The molecule has 3 aromatic rings. The molecule has 2 heterocycles. The van der Waals surface area contributed by atoms with Gasteiger partial charge in [0.25, 0.3) is 0 Å². The van der Waals surface area contributed by atoms with Crippen LogP contribution in [0.4, 0.5) is 4.39 Å². The summed E-state index contributed by atoms with van der Waals surface area (Å²) in [6, 6.07) is 8.52. The second kappa shape index (κ2) is 5.49. The van der Waals surface area contributed by atoms with Crippen LogP contribution in [0, 0.1) is 5.82 Å². The fourth-order valence-electron chi connectivity index (χ4n) is 2.71. The second-order valence-electron chi connectivity index (χ2n) is 5.83. The summed E-state index contributed by atoms with van der Waals surface area (Å²) in [6.45, 7) is 0.344. The van der Waals surface area contributed by atoms with Crippen LogP contribution in [-0.2, 0) is 13.0 Å². The summed E-state index contributed by atoms with van der Waals surface area (Å²) in [6.07, 6.45) is 2.75. The van der Waals surface area contributed by atoms with E-state index in [0.717, 1.165) is 5.69 Å². The molecule has 7 heteroatoms. The van der Waals surface area contributed by atoms with Gasteiger partial charge in [-0.25, -0.2) is 14.3 Å². The smallest absolute Gasteiger partial charge is 0.282 e. The molecule has 0 atom stereocenters. The summed E-state index contributed by atoms with van der Waals surface area (Å²) in [4.78, 5) is 12.0. The molecule has 1 aromatic carbocycles. The van der Waals surface area contributed by atoms with Crippen LogP contribution in [0.15, 0.2) is 35.1 Å². The van der Waals surface area contributed by atoms with Crippen molar-refractivity contribution in [2.24, 2.45) is 0 Å². The zero-order chi connectivity index (χ0) is 15.8. The first-order chi connectivity index (χ1) is 11.2. The molecule has 1 aliphatic rings. The minimum Gasteiger partial charge on any atom is -0.282 e. The van der Waals surface area contributed by atoms with Gasteiger partial charge in [-0.15, -0.1) is 0 Å². The maximum absolute atomic E-state index is 13.7. The summed E-state index contributed by atoms with van der Waals surface area (Å²) in [5.41, 5.74) is 1.98. The molecular weight excluding hydrogens is 297 g/mol. The van der Waals surface area contributed by atoms with E-state index in [1.807, 2.05) is 6.07 Å². The largest absolute Gasteiger partial charge is 0.343 e. The predicted molar refractivity (Wildman–Crippen MR) is 82.5 cm³/mol. The van der Waals surface area contributed by atoms with Crippen molar-refractivity contribution in [1.82, 2.24) is 25.0 Å². The number of nitrogens with zero attached hydrogens (tertiary/aromatic N) is 3. The van der Waals surface area contributed by atoms with Gasteiger partial charge in [0.05, 0.1) is 0 Å². The van der Waals surface area contributed by atoms with Gasteiger partial charge in [0.1, 0.15) is 11.5 Å². The first kappa shape index (κ1) is 13.9. The molecule has 23 heavy (non-hydrogen) atoms. The van der Waals surface area contributed by atoms with E-state index in [9.17, 15) is 9.18 Å². The highest BCUT2D eigenvalue weighted by Crippen LogP contribution is 2.39. The molecule has 1 fully saturated rings. The Kier molecular flexibility index (Phi) is 3.33. The monoisotopic (exact) mass is 313 g/mol. The van der Waals surface area contributed by atoms with Gasteiger partial charge in [0.15, 0.2) is 5.82 Å². The number of hydrogen-bond donors (Lipinski definition) is 2. The number of aromatic nitrogens is 5. The highest BCUT2D eigenvalue weighted by Gasteiger charge is 2.26. The van der Waals surface area contributed by atoms with Crippen molar-refractivity contribution >= 4 is 0 Å². The molecule has 0 amide bonds. The van der Waals surface area contributed by atoms with Crippen LogP contribution in [0.5, 0.6) is 0 Å². The van der Waals surface area contributed by atoms with Crippen molar-refractivity contribution < 1.29 is 4.39 Å². The molecular formula is C16H16FN5O. The van der Waals surface area contributed by atoms with Crippen molar-refractivity contribution in [1.29, 1.82) is 0 Å². The molecule has 1 aliphatic carbocycles. The van der Waals surface area contributed by atoms with E-state index in [4.69, 9.17) is 0 Å². The lowest BCUT2D eigenvalue weighted by molar-refractivity contribution is 0.590. The van der Waals surface area contributed by atoms with E-state index in [2.05, 4.69) is 20.4 Å². The number of halogens is 1. The van der Waals surface area contributed by atoms with Gasteiger partial charge >= 0.3 is 5.69 Å². The fourth-order valence-corrected chi connectivity index (χ4v) is 2.71. The lowest BCUT2D eigenvalue weighted by Crippen LogP contribution is -2.19. The Morgan fingerprint density at radius 1 is 1.22 bits per heavy atom. The van der Waals surface area contributed by atoms with E-state index in [1.54, 1.807) is 18.2 Å². The Hall–Kier alpha value is -2.70. The van der Waals surface area contributed by atoms with Gasteiger partial charge < -0.3 is 0 Å². The van der Waals surface area contributed by atoms with E-state index in [-0.39, 0.29) is 11.5 Å². The van der Waals surface area contributed by atoms with Gasteiger partial charge in [-0.1, -0.05) is 18.2 Å². The van der Waals surface area contributed by atoms with E-state index < -0.39 is 0 Å². The number of nitrogens with one attached hydrogen (secondary N) is 2. The molecule has 0 radical (unpaired) electrons. The highest BCUT2D eigenvalue weighted by molar-refractivity contribution is 5.50. The van der Waals surface area contributed by atoms with Crippen molar-refractivity contribution in [2.75, 3.05) is 0 Å². The van der Waals surface area contributed by atoms with E-state index in [1.165, 1.54) is 23.5 Å². The number of aromatic amines is 2. The molecule has 6 nitrogen and oxygen atoms in total. The standard InChI is InChI=1S/C16H16FN5O/c17-12-4-2-1-3-10(12)7-8-22-15(20-21-16(22)23)14-9-13(18-19-14)11-5-6-11/h1-4,9,11H,5-8H2,(H,18,19)(H,21,23). The van der Waals surface area contributed by atoms with Crippen LogP contribution in [-0.4, -0.2) is 25.0 Å². The molecule has 118 valence electrons. The summed E-state index contributed by atoms with van der Waals surface area (Å²) < 4.78 is 15.2. The van der Waals surface area contributed by atoms with Crippen LogP contribution in [0.3, 0.4) is 0 Å². The summed E-state index contributed by atoms with van der Waals surface area (Å²) in [5, 5.41) is 13.8. The topological polar surface area (TPSA) is 79.4 Å². The Balaban J connectivity index is 1.60. The number of aryl methyl sites for hydroxylation is 1. The third-order valence-corrected chi connectivity index (χ3v) is 4.16. The zero-order valence-corrected chi connectivity index (χ0v) is 12.4. The van der Waals surface area contributed by atoms with E-state index in [0.29, 0.717) is 36.0 Å². The predicted octanol–water partition coefficient (Wildman–Crippen LogP) is 2.22. The first-order valence-electron chi connectivity index (χ1n) is 7.66. The molecule has 0 bridgehead atoms. The maximum Gasteiger partial charge on any atom is 0.343 e. The SMILES string of the molecule is O=c1[nH]nc(-c2cc(C3CC3)[nH]n2)n1CCc1ccccc1F. The van der Waals surface area contributed by atoms with Crippen molar-refractivity contribution in [3.8, 4) is 11.5 Å². The van der Waals surface area contributed by atoms with Crippen LogP contribution in [0.25, 0.3) is 11.5 Å². The third kappa shape index (κ3) is 2.69. The molecule has 2 N–H and O–H groups in total. The number of benzene rings is 1. The van der Waals surface area contributed by atoms with Crippen molar-refractivity contribution in [2.45, 2.75) is 31.7 Å². The zero-order valence-electron chi connectivity index (χ0n) is 12.4. The minimum absolute atomic E-state index is 0.263. The minimum atomic E-state index is -0.313. The number of hydrogen-bond acceptors (Lipinski definition) is 3. The van der Waals surface area contributed by atoms with Gasteiger partial charge in [0.2, 0.25) is 0 Å². The average molecular weight is 313 g/mol.